The van der Waals surface area contributed by atoms with E-state index < -0.39 is 5.97 Å². The molecule has 1 aromatic heterocycles. The first-order chi connectivity index (χ1) is 14.2. The van der Waals surface area contributed by atoms with Gasteiger partial charge in [0.25, 0.3) is 0 Å². The number of hydrogen-bond donors (Lipinski definition) is 3. The minimum absolute atomic E-state index is 0.0236. The Kier molecular flexibility index (Phi) is 7.19. The lowest BCUT2D eigenvalue weighted by molar-refractivity contribution is -0.138. The molecule has 1 amide bonds. The van der Waals surface area contributed by atoms with Crippen LogP contribution in [0.1, 0.15) is 45.9 Å². The average molecular weight is 432 g/mol. The molecule has 0 aliphatic heterocycles. The van der Waals surface area contributed by atoms with Crippen LogP contribution in [-0.2, 0) is 16.0 Å². The molecule has 1 aliphatic carbocycles. The van der Waals surface area contributed by atoms with Crippen molar-refractivity contribution in [3.8, 4) is 0 Å². The molecule has 1 aromatic carbocycles. The first-order valence-corrected chi connectivity index (χ1v) is 10.9. The van der Waals surface area contributed by atoms with Crippen LogP contribution in [-0.4, -0.2) is 33.5 Å². The number of aliphatic carboxylic acids is 1. The Morgan fingerprint density at radius 1 is 1.33 bits per heavy atom. The summed E-state index contributed by atoms with van der Waals surface area (Å²) in [5, 5.41) is 12.4. The topological polar surface area (TPSA) is 95.1 Å². The molecule has 2 aromatic rings. The van der Waals surface area contributed by atoms with Gasteiger partial charge >= 0.3 is 5.97 Å². The van der Waals surface area contributed by atoms with Crippen molar-refractivity contribution in [1.29, 1.82) is 0 Å². The maximum atomic E-state index is 11.9. The molecule has 1 heterocycles. The van der Waals surface area contributed by atoms with Crippen molar-refractivity contribution in [3.63, 3.8) is 0 Å². The summed E-state index contributed by atoms with van der Waals surface area (Å²) in [5.41, 5.74) is 3.20. The Hall–Kier alpha value is -2.34. The van der Waals surface area contributed by atoms with Crippen LogP contribution in [0.15, 0.2) is 29.8 Å². The van der Waals surface area contributed by atoms with Crippen molar-refractivity contribution < 1.29 is 14.7 Å². The molecule has 6 nitrogen and oxygen atoms in total. The number of H-pyrrole nitrogens is 1. The van der Waals surface area contributed by atoms with Crippen LogP contribution in [0.4, 0.5) is 0 Å². The van der Waals surface area contributed by atoms with Gasteiger partial charge in [0.05, 0.1) is 17.5 Å². The molecule has 3 unspecified atom stereocenters. The number of carboxylic acid groups (broad SMARTS) is 1. The van der Waals surface area contributed by atoms with E-state index in [0.29, 0.717) is 29.3 Å². The number of amides is 1. The highest BCUT2D eigenvalue weighted by Gasteiger charge is 2.32. The van der Waals surface area contributed by atoms with Crippen molar-refractivity contribution in [2.75, 3.05) is 6.54 Å². The number of rotatable bonds is 8. The fourth-order valence-corrected chi connectivity index (χ4v) is 4.59. The summed E-state index contributed by atoms with van der Waals surface area (Å²) in [6, 6.07) is 5.68. The number of nitrogens with zero attached hydrogens (tertiary/aromatic N) is 1. The third-order valence-electron chi connectivity index (χ3n) is 6.12. The number of aromatic amines is 1. The molecule has 3 atom stereocenters. The highest BCUT2D eigenvalue weighted by Crippen LogP contribution is 2.38. The average Bonchev–Trinajstić information content (AvgIpc) is 3.07. The SMILES string of the molecule is CC1=CC(CNC(=O)CCC(=O)O)C(C(C)C)CC1Cc1nc2ccc(Cl)cc2[nH]1. The number of carboxylic acids is 1. The smallest absolute Gasteiger partial charge is 0.303 e. The molecule has 30 heavy (non-hydrogen) atoms. The van der Waals surface area contributed by atoms with E-state index >= 15 is 0 Å². The van der Waals surface area contributed by atoms with Gasteiger partial charge in [-0.3, -0.25) is 9.59 Å². The maximum Gasteiger partial charge on any atom is 0.303 e. The summed E-state index contributed by atoms with van der Waals surface area (Å²) < 4.78 is 0. The number of allylic oxidation sites excluding steroid dienone is 1. The van der Waals surface area contributed by atoms with Gasteiger partial charge in [-0.1, -0.05) is 37.1 Å². The summed E-state index contributed by atoms with van der Waals surface area (Å²) in [6.45, 7) is 7.14. The van der Waals surface area contributed by atoms with Gasteiger partial charge in [0, 0.05) is 24.4 Å². The molecule has 0 fully saturated rings. The Morgan fingerprint density at radius 2 is 2.10 bits per heavy atom. The quantitative estimate of drug-likeness (QED) is 0.532. The largest absolute Gasteiger partial charge is 0.481 e. The zero-order valence-corrected chi connectivity index (χ0v) is 18.5. The van der Waals surface area contributed by atoms with E-state index in [0.717, 1.165) is 29.7 Å². The van der Waals surface area contributed by atoms with Crippen LogP contribution in [0.2, 0.25) is 5.02 Å². The molecule has 3 rings (SSSR count). The van der Waals surface area contributed by atoms with E-state index in [9.17, 15) is 9.59 Å². The van der Waals surface area contributed by atoms with Gasteiger partial charge in [-0.2, -0.15) is 0 Å². The fraction of sp³-hybridized carbons (Fsp3) is 0.522. The summed E-state index contributed by atoms with van der Waals surface area (Å²) in [6.07, 6.45) is 4.05. The van der Waals surface area contributed by atoms with E-state index in [1.807, 2.05) is 18.2 Å². The third-order valence-corrected chi connectivity index (χ3v) is 6.35. The van der Waals surface area contributed by atoms with Crippen LogP contribution in [0, 0.1) is 23.7 Å². The molecular weight excluding hydrogens is 402 g/mol. The molecule has 1 aliphatic rings. The number of nitrogens with one attached hydrogen (secondary N) is 2. The standard InChI is InChI=1S/C23H30ClN3O3/c1-13(2)18-9-15(10-21-26-19-5-4-17(24)11-20(19)27-21)14(3)8-16(18)12-25-22(28)6-7-23(29)30/h4-5,8,11,13,15-16,18H,6-7,9-10,12H2,1-3H3,(H,25,28)(H,26,27)(H,29,30). The van der Waals surface area contributed by atoms with Gasteiger partial charge in [-0.15, -0.1) is 0 Å². The normalized spacial score (nSPS) is 21.6. The Morgan fingerprint density at radius 3 is 2.80 bits per heavy atom. The van der Waals surface area contributed by atoms with Crippen LogP contribution >= 0.6 is 11.6 Å². The van der Waals surface area contributed by atoms with Crippen molar-refractivity contribution in [3.05, 3.63) is 40.7 Å². The zero-order valence-electron chi connectivity index (χ0n) is 17.7. The maximum absolute atomic E-state index is 11.9. The number of fused-ring (bicyclic) bond motifs is 1. The molecule has 162 valence electrons. The molecule has 3 N–H and O–H groups in total. The number of aromatic nitrogens is 2. The van der Waals surface area contributed by atoms with E-state index in [1.165, 1.54) is 5.57 Å². The van der Waals surface area contributed by atoms with E-state index in [2.05, 4.69) is 37.1 Å². The monoisotopic (exact) mass is 431 g/mol. The lowest BCUT2D eigenvalue weighted by Gasteiger charge is -2.37. The lowest BCUT2D eigenvalue weighted by atomic mass is 9.70. The Labute approximate surface area is 182 Å². The van der Waals surface area contributed by atoms with Crippen LogP contribution < -0.4 is 5.32 Å². The summed E-state index contributed by atoms with van der Waals surface area (Å²) in [5.74, 6) is 1.39. The van der Waals surface area contributed by atoms with E-state index in [1.54, 1.807) is 0 Å². The fourth-order valence-electron chi connectivity index (χ4n) is 4.41. The number of halogens is 1. The molecule has 0 spiro atoms. The highest BCUT2D eigenvalue weighted by atomic mass is 35.5. The second-order valence-electron chi connectivity index (χ2n) is 8.66. The van der Waals surface area contributed by atoms with Crippen molar-refractivity contribution in [2.45, 2.75) is 46.5 Å². The molecule has 0 radical (unpaired) electrons. The van der Waals surface area contributed by atoms with E-state index in [4.69, 9.17) is 21.7 Å². The van der Waals surface area contributed by atoms with Crippen LogP contribution in [0.25, 0.3) is 11.0 Å². The molecule has 0 saturated heterocycles. The summed E-state index contributed by atoms with van der Waals surface area (Å²) in [7, 11) is 0. The molecule has 0 bridgehead atoms. The number of imidazole rings is 1. The van der Waals surface area contributed by atoms with Gasteiger partial charge < -0.3 is 15.4 Å². The first kappa shape index (κ1) is 22.3. The number of carbonyl (C=O) groups excluding carboxylic acids is 1. The number of carbonyl (C=O) groups is 2. The van der Waals surface area contributed by atoms with E-state index in [-0.39, 0.29) is 24.7 Å². The predicted molar refractivity (Wildman–Crippen MR) is 118 cm³/mol. The predicted octanol–water partition coefficient (Wildman–Crippen LogP) is 4.59. The number of hydrogen-bond acceptors (Lipinski definition) is 3. The Balaban J connectivity index is 1.68. The summed E-state index contributed by atoms with van der Waals surface area (Å²) in [4.78, 5) is 30.7. The van der Waals surface area contributed by atoms with Gasteiger partial charge in [-0.25, -0.2) is 4.98 Å². The van der Waals surface area contributed by atoms with Crippen molar-refractivity contribution in [2.24, 2.45) is 23.7 Å². The number of benzene rings is 1. The first-order valence-electron chi connectivity index (χ1n) is 10.5. The van der Waals surface area contributed by atoms with Gasteiger partial charge in [0.1, 0.15) is 5.82 Å². The minimum Gasteiger partial charge on any atom is -0.481 e. The molecular formula is C23H30ClN3O3. The van der Waals surface area contributed by atoms with Crippen molar-refractivity contribution in [1.82, 2.24) is 15.3 Å². The lowest BCUT2D eigenvalue weighted by Crippen LogP contribution is -2.37. The van der Waals surface area contributed by atoms with Crippen LogP contribution in [0.5, 0.6) is 0 Å². The molecule has 0 saturated carbocycles. The third kappa shape index (κ3) is 5.63. The van der Waals surface area contributed by atoms with Gasteiger partial charge in [0.2, 0.25) is 5.91 Å². The van der Waals surface area contributed by atoms with Crippen LogP contribution in [0.3, 0.4) is 0 Å². The highest BCUT2D eigenvalue weighted by molar-refractivity contribution is 6.31. The Bertz CT molecular complexity index is 950. The second-order valence-corrected chi connectivity index (χ2v) is 9.10. The minimum atomic E-state index is -0.950. The van der Waals surface area contributed by atoms with Gasteiger partial charge in [-0.05, 0) is 55.2 Å². The molecule has 7 heteroatoms. The van der Waals surface area contributed by atoms with Crippen molar-refractivity contribution >= 4 is 34.5 Å². The second kappa shape index (κ2) is 9.65. The summed E-state index contributed by atoms with van der Waals surface area (Å²) >= 11 is 6.08. The van der Waals surface area contributed by atoms with Gasteiger partial charge in [0.15, 0.2) is 0 Å². The zero-order chi connectivity index (χ0) is 21.8.